The van der Waals surface area contributed by atoms with E-state index in [9.17, 15) is 0 Å². The van der Waals surface area contributed by atoms with Crippen LogP contribution in [0.1, 0.15) is 33.6 Å². The summed E-state index contributed by atoms with van der Waals surface area (Å²) in [6, 6.07) is 7.89. The number of hydrogen-bond acceptors (Lipinski definition) is 2. The van der Waals surface area contributed by atoms with Gasteiger partial charge in [-0.3, -0.25) is 0 Å². The highest BCUT2D eigenvalue weighted by Crippen LogP contribution is 2.22. The first-order valence-corrected chi connectivity index (χ1v) is 6.84. The van der Waals surface area contributed by atoms with Gasteiger partial charge in [0.15, 0.2) is 0 Å². The maximum Gasteiger partial charge on any atom is 0.119 e. The molecule has 1 aromatic rings. The van der Waals surface area contributed by atoms with Crippen molar-refractivity contribution in [3.8, 4) is 5.75 Å². The van der Waals surface area contributed by atoms with E-state index < -0.39 is 0 Å². The summed E-state index contributed by atoms with van der Waals surface area (Å²) in [7, 11) is 1.98. The van der Waals surface area contributed by atoms with E-state index in [4.69, 9.17) is 16.3 Å². The molecule has 1 atom stereocenters. The molecular formula is C15H24ClNO. The lowest BCUT2D eigenvalue weighted by molar-refractivity contribution is 0.242. The molecule has 0 fully saturated rings. The van der Waals surface area contributed by atoms with E-state index in [-0.39, 0.29) is 0 Å². The highest BCUT2D eigenvalue weighted by Gasteiger charge is 2.14. The number of likely N-dealkylation sites (N-methyl/N-ethyl adjacent to an activating group) is 1. The van der Waals surface area contributed by atoms with Crippen LogP contribution < -0.4 is 10.1 Å². The molecule has 0 aliphatic heterocycles. The van der Waals surface area contributed by atoms with Crippen molar-refractivity contribution in [2.45, 2.75) is 39.7 Å². The molecule has 0 saturated heterocycles. The van der Waals surface area contributed by atoms with Crippen molar-refractivity contribution < 1.29 is 4.74 Å². The lowest BCUT2D eigenvalue weighted by Crippen LogP contribution is -2.32. The quantitative estimate of drug-likeness (QED) is 0.838. The lowest BCUT2D eigenvalue weighted by atomic mass is 9.89. The predicted octanol–water partition coefficient (Wildman–Crippen LogP) is 4.13. The molecule has 0 aliphatic rings. The topological polar surface area (TPSA) is 21.3 Å². The van der Waals surface area contributed by atoms with Gasteiger partial charge in [0.05, 0.1) is 0 Å². The Morgan fingerprint density at radius 1 is 1.22 bits per heavy atom. The van der Waals surface area contributed by atoms with E-state index >= 15 is 0 Å². The number of ether oxygens (including phenoxy) is 1. The highest BCUT2D eigenvalue weighted by atomic mass is 35.5. The molecule has 0 bridgehead atoms. The van der Waals surface area contributed by atoms with Crippen LogP contribution in [0.3, 0.4) is 0 Å². The Labute approximate surface area is 116 Å². The summed E-state index contributed by atoms with van der Waals surface area (Å²) >= 11 is 5.83. The molecule has 1 rings (SSSR count). The van der Waals surface area contributed by atoms with Crippen LogP contribution in [0.4, 0.5) is 0 Å². The first-order chi connectivity index (χ1) is 8.40. The maximum absolute atomic E-state index is 5.83. The second kappa shape index (κ2) is 7.01. The third-order valence-electron chi connectivity index (χ3n) is 2.92. The second-order valence-electron chi connectivity index (χ2n) is 5.85. The average molecular weight is 270 g/mol. The predicted molar refractivity (Wildman–Crippen MR) is 78.5 cm³/mol. The molecule has 2 nitrogen and oxygen atoms in total. The Kier molecular flexibility index (Phi) is 5.97. The molecule has 0 heterocycles. The van der Waals surface area contributed by atoms with Gasteiger partial charge in [0, 0.05) is 11.1 Å². The van der Waals surface area contributed by atoms with Crippen molar-refractivity contribution in [3.05, 3.63) is 29.3 Å². The van der Waals surface area contributed by atoms with Gasteiger partial charge in [0.25, 0.3) is 0 Å². The molecule has 102 valence electrons. The van der Waals surface area contributed by atoms with Crippen molar-refractivity contribution in [1.82, 2.24) is 5.32 Å². The molecule has 1 unspecified atom stereocenters. The zero-order chi connectivity index (χ0) is 13.6. The summed E-state index contributed by atoms with van der Waals surface area (Å²) in [5.74, 6) is 0.871. The van der Waals surface area contributed by atoms with Crippen molar-refractivity contribution >= 4 is 11.6 Å². The molecule has 1 N–H and O–H groups in total. The Hall–Kier alpha value is -0.730. The van der Waals surface area contributed by atoms with Gasteiger partial charge in [-0.25, -0.2) is 0 Å². The third kappa shape index (κ3) is 6.27. The molecule has 0 radical (unpaired) electrons. The summed E-state index contributed by atoms with van der Waals surface area (Å²) in [5.41, 5.74) is 0.370. The van der Waals surface area contributed by atoms with Gasteiger partial charge in [0.2, 0.25) is 0 Å². The summed E-state index contributed by atoms with van der Waals surface area (Å²) in [5, 5.41) is 4.04. The molecular weight excluding hydrogens is 246 g/mol. The van der Waals surface area contributed by atoms with E-state index in [0.717, 1.165) is 17.2 Å². The maximum atomic E-state index is 5.83. The van der Waals surface area contributed by atoms with Gasteiger partial charge in [-0.15, -0.1) is 0 Å². The SMILES string of the molecule is CNC(CCC(C)(C)C)COc1ccc(Cl)cc1. The largest absolute Gasteiger partial charge is 0.492 e. The minimum atomic E-state index is 0.370. The fourth-order valence-electron chi connectivity index (χ4n) is 1.65. The summed E-state index contributed by atoms with van der Waals surface area (Å²) in [4.78, 5) is 0. The molecule has 0 amide bonds. The minimum absolute atomic E-state index is 0.370. The molecule has 1 aromatic carbocycles. The number of rotatable bonds is 6. The van der Waals surface area contributed by atoms with Crippen molar-refractivity contribution in [3.63, 3.8) is 0 Å². The number of nitrogens with one attached hydrogen (secondary N) is 1. The van der Waals surface area contributed by atoms with Gasteiger partial charge in [-0.2, -0.15) is 0 Å². The van der Waals surface area contributed by atoms with Crippen LogP contribution in [0, 0.1) is 5.41 Å². The Morgan fingerprint density at radius 2 is 1.83 bits per heavy atom. The number of benzene rings is 1. The van der Waals surface area contributed by atoms with Crippen LogP contribution in [0.25, 0.3) is 0 Å². The molecule has 0 aliphatic carbocycles. The standard InChI is InChI=1S/C15H24ClNO/c1-15(2,3)10-9-13(17-4)11-18-14-7-5-12(16)6-8-14/h5-8,13,17H,9-11H2,1-4H3. The van der Waals surface area contributed by atoms with Crippen LogP contribution >= 0.6 is 11.6 Å². The van der Waals surface area contributed by atoms with Crippen molar-refractivity contribution in [2.75, 3.05) is 13.7 Å². The molecule has 0 saturated carbocycles. The van der Waals surface area contributed by atoms with Crippen molar-refractivity contribution in [2.24, 2.45) is 5.41 Å². The molecule has 18 heavy (non-hydrogen) atoms. The number of hydrogen-bond donors (Lipinski definition) is 1. The summed E-state index contributed by atoms with van der Waals surface area (Å²) in [6.45, 7) is 7.48. The zero-order valence-corrected chi connectivity index (χ0v) is 12.6. The van der Waals surface area contributed by atoms with Gasteiger partial charge in [-0.1, -0.05) is 32.4 Å². The van der Waals surface area contributed by atoms with E-state index in [1.165, 1.54) is 6.42 Å². The Bertz CT molecular complexity index is 343. The Morgan fingerprint density at radius 3 is 2.33 bits per heavy atom. The summed E-state index contributed by atoms with van der Waals surface area (Å²) < 4.78 is 5.76. The fraction of sp³-hybridized carbons (Fsp3) is 0.600. The van der Waals surface area contributed by atoms with Gasteiger partial charge in [-0.05, 0) is 49.6 Å². The monoisotopic (exact) mass is 269 g/mol. The van der Waals surface area contributed by atoms with E-state index in [0.29, 0.717) is 18.1 Å². The fourth-order valence-corrected chi connectivity index (χ4v) is 1.77. The average Bonchev–Trinajstić information content (AvgIpc) is 2.30. The van der Waals surface area contributed by atoms with E-state index in [2.05, 4.69) is 26.1 Å². The van der Waals surface area contributed by atoms with Crippen molar-refractivity contribution in [1.29, 1.82) is 0 Å². The van der Waals surface area contributed by atoms with Crippen LogP contribution in [0.2, 0.25) is 5.02 Å². The first kappa shape index (κ1) is 15.3. The van der Waals surface area contributed by atoms with Gasteiger partial charge >= 0.3 is 0 Å². The van der Waals surface area contributed by atoms with Gasteiger partial charge in [0.1, 0.15) is 12.4 Å². The lowest BCUT2D eigenvalue weighted by Gasteiger charge is -2.23. The normalized spacial score (nSPS) is 13.4. The third-order valence-corrected chi connectivity index (χ3v) is 3.17. The van der Waals surface area contributed by atoms with Crippen LogP contribution in [0.15, 0.2) is 24.3 Å². The van der Waals surface area contributed by atoms with Gasteiger partial charge < -0.3 is 10.1 Å². The van der Waals surface area contributed by atoms with Crippen LogP contribution in [-0.4, -0.2) is 19.7 Å². The molecule has 0 aromatic heterocycles. The van der Waals surface area contributed by atoms with E-state index in [1.807, 2.05) is 31.3 Å². The van der Waals surface area contributed by atoms with Crippen LogP contribution in [0.5, 0.6) is 5.75 Å². The Balaban J connectivity index is 2.37. The zero-order valence-electron chi connectivity index (χ0n) is 11.8. The molecule has 0 spiro atoms. The first-order valence-electron chi connectivity index (χ1n) is 6.46. The number of halogens is 1. The minimum Gasteiger partial charge on any atom is -0.492 e. The highest BCUT2D eigenvalue weighted by molar-refractivity contribution is 6.30. The van der Waals surface area contributed by atoms with Crippen LogP contribution in [-0.2, 0) is 0 Å². The summed E-state index contributed by atoms with van der Waals surface area (Å²) in [6.07, 6.45) is 2.30. The molecule has 3 heteroatoms. The van der Waals surface area contributed by atoms with E-state index in [1.54, 1.807) is 0 Å². The second-order valence-corrected chi connectivity index (χ2v) is 6.29. The smallest absolute Gasteiger partial charge is 0.119 e.